The topological polar surface area (TPSA) is 61.2 Å². The summed E-state index contributed by atoms with van der Waals surface area (Å²) in [5, 5.41) is 4.42. The van der Waals surface area contributed by atoms with Gasteiger partial charge in [0.2, 0.25) is 5.78 Å². The van der Waals surface area contributed by atoms with Crippen LogP contribution >= 0.6 is 35.3 Å². The molecule has 1 heterocycles. The summed E-state index contributed by atoms with van der Waals surface area (Å²) in [5.74, 6) is -0.757. The highest BCUT2D eigenvalue weighted by Crippen LogP contribution is 2.22. The lowest BCUT2D eigenvalue weighted by molar-refractivity contribution is 0.0474. The Balaban J connectivity index is 1.68. The van der Waals surface area contributed by atoms with Crippen LogP contribution in [0.3, 0.4) is 0 Å². The Hall–Kier alpha value is -2.29. The zero-order valence-corrected chi connectivity index (χ0v) is 19.0. The molecule has 0 aliphatic carbocycles. The zero-order chi connectivity index (χ0) is 21.1. The number of Topliss-reactive ketones (excluding diaryl/α,β-unsaturated/α-hetero) is 1. The van der Waals surface area contributed by atoms with E-state index in [9.17, 15) is 9.59 Å². The minimum Gasteiger partial charge on any atom is -0.454 e. The van der Waals surface area contributed by atoms with Crippen molar-refractivity contribution < 1.29 is 14.3 Å². The predicted molar refractivity (Wildman–Crippen MR) is 119 cm³/mol. The molecule has 0 fully saturated rings. The molecule has 3 aromatic rings. The molecule has 0 unspecified atom stereocenters. The van der Waals surface area contributed by atoms with Crippen molar-refractivity contribution in [3.8, 4) is 5.69 Å². The molecule has 0 N–H and O–H groups in total. The molecule has 0 aliphatic rings. The largest absolute Gasteiger partial charge is 0.454 e. The molecule has 29 heavy (non-hydrogen) atoms. The average Bonchev–Trinajstić information content (AvgIpc) is 3.09. The van der Waals surface area contributed by atoms with E-state index in [4.69, 9.17) is 17.0 Å². The fourth-order valence-electron chi connectivity index (χ4n) is 2.80. The summed E-state index contributed by atoms with van der Waals surface area (Å²) in [6.45, 7) is 5.54. The van der Waals surface area contributed by atoms with Gasteiger partial charge in [-0.25, -0.2) is 9.48 Å². The van der Waals surface area contributed by atoms with Crippen LogP contribution in [0.25, 0.3) is 5.69 Å². The van der Waals surface area contributed by atoms with Crippen molar-refractivity contribution in [2.24, 2.45) is 0 Å². The SMILES string of the molecule is CSc1nn(-c2ccc(C(=O)OCC(=O)c3cc(C)c(C)cc3C)cc2)c(=S)s1. The van der Waals surface area contributed by atoms with Crippen molar-refractivity contribution in [3.63, 3.8) is 0 Å². The molecule has 8 heteroatoms. The quantitative estimate of drug-likeness (QED) is 0.221. The van der Waals surface area contributed by atoms with Crippen LogP contribution in [0.1, 0.15) is 37.4 Å². The highest BCUT2D eigenvalue weighted by Gasteiger charge is 2.15. The van der Waals surface area contributed by atoms with Crippen molar-refractivity contribution in [1.29, 1.82) is 0 Å². The molecule has 150 valence electrons. The minimum absolute atomic E-state index is 0.214. The van der Waals surface area contributed by atoms with Gasteiger partial charge in [0.25, 0.3) is 0 Å². The van der Waals surface area contributed by atoms with Gasteiger partial charge >= 0.3 is 5.97 Å². The van der Waals surface area contributed by atoms with Crippen LogP contribution in [0.2, 0.25) is 0 Å². The van der Waals surface area contributed by atoms with Gasteiger partial charge in [0.05, 0.1) is 11.3 Å². The molecule has 0 spiro atoms. The number of aryl methyl sites for hydroxylation is 3. The molecule has 0 bridgehead atoms. The number of thioether (sulfide) groups is 1. The number of ether oxygens (including phenoxy) is 1. The summed E-state index contributed by atoms with van der Waals surface area (Å²) >= 11 is 8.29. The zero-order valence-electron chi connectivity index (χ0n) is 16.5. The number of aromatic nitrogens is 2. The lowest BCUT2D eigenvalue weighted by Crippen LogP contribution is -2.15. The fourth-order valence-corrected chi connectivity index (χ4v) is 4.58. The van der Waals surface area contributed by atoms with Gasteiger partial charge in [-0.1, -0.05) is 29.2 Å². The van der Waals surface area contributed by atoms with Crippen LogP contribution < -0.4 is 0 Å². The third-order valence-corrected chi connectivity index (χ3v) is 6.73. The molecule has 0 saturated carbocycles. The van der Waals surface area contributed by atoms with Gasteiger partial charge in [-0.2, -0.15) is 0 Å². The van der Waals surface area contributed by atoms with Gasteiger partial charge in [0.1, 0.15) is 0 Å². The van der Waals surface area contributed by atoms with Gasteiger partial charge in [0.15, 0.2) is 14.9 Å². The number of rotatable bonds is 6. The number of carbonyl (C=O) groups excluding carboxylic acids is 2. The van der Waals surface area contributed by atoms with Gasteiger partial charge in [-0.3, -0.25) is 4.79 Å². The third kappa shape index (κ3) is 4.83. The molecule has 1 aromatic heterocycles. The second kappa shape index (κ2) is 9.02. The number of esters is 1. The first-order valence-corrected chi connectivity index (χ1v) is 11.3. The van der Waals surface area contributed by atoms with E-state index in [2.05, 4.69) is 5.10 Å². The molecule has 3 rings (SSSR count). The number of nitrogens with zero attached hydrogens (tertiary/aromatic N) is 2. The van der Waals surface area contributed by atoms with E-state index in [0.29, 0.717) is 15.1 Å². The van der Waals surface area contributed by atoms with Gasteiger partial charge < -0.3 is 4.74 Å². The second-order valence-corrected chi connectivity index (χ2v) is 9.22. The Morgan fingerprint density at radius 1 is 1.10 bits per heavy atom. The first-order valence-electron chi connectivity index (χ1n) is 8.83. The third-order valence-electron chi connectivity index (χ3n) is 4.53. The van der Waals surface area contributed by atoms with Crippen LogP contribution in [-0.4, -0.2) is 34.4 Å². The molecule has 0 aliphatic heterocycles. The van der Waals surface area contributed by atoms with E-state index >= 15 is 0 Å². The fraction of sp³-hybridized carbons (Fsp3) is 0.238. The molecule has 0 amide bonds. The number of hydrogen-bond acceptors (Lipinski definition) is 7. The molecule has 5 nitrogen and oxygen atoms in total. The Morgan fingerprint density at radius 3 is 2.38 bits per heavy atom. The van der Waals surface area contributed by atoms with Crippen molar-refractivity contribution in [2.75, 3.05) is 12.9 Å². The normalized spacial score (nSPS) is 10.8. The number of hydrogen-bond donors (Lipinski definition) is 0. The number of ketones is 1. The Kier molecular flexibility index (Phi) is 6.66. The maximum Gasteiger partial charge on any atom is 0.338 e. The second-order valence-electron chi connectivity index (χ2n) is 6.55. The van der Waals surface area contributed by atoms with E-state index in [1.54, 1.807) is 28.9 Å². The van der Waals surface area contributed by atoms with Crippen molar-refractivity contribution >= 4 is 47.1 Å². The van der Waals surface area contributed by atoms with E-state index in [1.165, 1.54) is 23.1 Å². The van der Waals surface area contributed by atoms with Crippen molar-refractivity contribution in [3.05, 3.63) is 68.2 Å². The lowest BCUT2D eigenvalue weighted by atomic mass is 9.98. The van der Waals surface area contributed by atoms with E-state index < -0.39 is 5.97 Å². The summed E-state index contributed by atoms with van der Waals surface area (Å²) in [6, 6.07) is 10.6. The van der Waals surface area contributed by atoms with Crippen LogP contribution in [0, 0.1) is 24.7 Å². The lowest BCUT2D eigenvalue weighted by Gasteiger charge is -2.10. The van der Waals surface area contributed by atoms with Crippen molar-refractivity contribution in [2.45, 2.75) is 25.1 Å². The highest BCUT2D eigenvalue weighted by molar-refractivity contribution is 8.00. The number of carbonyl (C=O) groups is 2. The Morgan fingerprint density at radius 2 is 1.76 bits per heavy atom. The van der Waals surface area contributed by atoms with Crippen molar-refractivity contribution in [1.82, 2.24) is 9.78 Å². The maximum absolute atomic E-state index is 12.5. The summed E-state index contributed by atoms with van der Waals surface area (Å²) in [5.41, 5.74) is 4.75. The first-order chi connectivity index (χ1) is 13.8. The first kappa shape index (κ1) is 21.4. The molecule has 0 saturated heterocycles. The molecule has 0 radical (unpaired) electrons. The highest BCUT2D eigenvalue weighted by atomic mass is 32.2. The minimum atomic E-state index is -0.543. The maximum atomic E-state index is 12.5. The van der Waals surface area contributed by atoms with Crippen LogP contribution in [0.15, 0.2) is 40.7 Å². The van der Waals surface area contributed by atoms with Gasteiger partial charge in [-0.15, -0.1) is 5.10 Å². The van der Waals surface area contributed by atoms with Gasteiger partial charge in [-0.05, 0) is 86.3 Å². The van der Waals surface area contributed by atoms with E-state index in [1.807, 2.05) is 39.2 Å². The van der Waals surface area contributed by atoms with Crippen LogP contribution in [-0.2, 0) is 4.74 Å². The van der Waals surface area contributed by atoms with E-state index in [-0.39, 0.29) is 12.4 Å². The summed E-state index contributed by atoms with van der Waals surface area (Å²) < 4.78 is 8.40. The van der Waals surface area contributed by atoms with Gasteiger partial charge in [0, 0.05) is 5.56 Å². The molecular weight excluding hydrogens is 424 g/mol. The van der Waals surface area contributed by atoms with E-state index in [0.717, 1.165) is 26.7 Å². The molecule has 0 atom stereocenters. The average molecular weight is 445 g/mol. The summed E-state index contributed by atoms with van der Waals surface area (Å²) in [7, 11) is 0. The monoisotopic (exact) mass is 444 g/mol. The Bertz CT molecular complexity index is 1130. The number of benzene rings is 2. The smallest absolute Gasteiger partial charge is 0.338 e. The summed E-state index contributed by atoms with van der Waals surface area (Å²) in [4.78, 5) is 24.8. The molecule has 2 aromatic carbocycles. The predicted octanol–water partition coefficient (Wildman–Crippen LogP) is 5.35. The Labute approximate surface area is 182 Å². The van der Waals surface area contributed by atoms with Crippen LogP contribution in [0.5, 0.6) is 0 Å². The summed E-state index contributed by atoms with van der Waals surface area (Å²) in [6.07, 6.45) is 1.94. The van der Waals surface area contributed by atoms with Crippen LogP contribution in [0.4, 0.5) is 0 Å². The standard InChI is InChI=1S/C21H20N2O3S3/c1-12-9-14(3)17(10-13(12)2)18(24)11-26-19(25)15-5-7-16(8-6-15)23-21(27)29-20(22-23)28-4/h5-10H,11H2,1-4H3. The molecular formula is C21H20N2O3S3.